The number of benzene rings is 1. The number of fused-ring (bicyclic) bond motifs is 1. The number of aryl methyl sites for hydroxylation is 2. The molecule has 3 aromatic rings. The van der Waals surface area contributed by atoms with E-state index in [0.717, 1.165) is 17.0 Å². The van der Waals surface area contributed by atoms with E-state index in [1.54, 1.807) is 4.52 Å². The Kier molecular flexibility index (Phi) is 5.11. The number of hydrogen-bond donors (Lipinski definition) is 2. The van der Waals surface area contributed by atoms with Crippen LogP contribution in [-0.2, 0) is 16.0 Å². The molecule has 0 aliphatic heterocycles. The zero-order valence-electron chi connectivity index (χ0n) is 15.2. The molecule has 0 spiro atoms. The molecule has 3 rings (SSSR count). The molecule has 140 valence electrons. The molecule has 0 unspecified atom stereocenters. The standard InChI is InChI=1S/C18H19FN6O2/c1-10-14(11(2)25-18(22-10)20-9-21-25)5-7-17(27)24-13-4-6-15(19)16(8-13)23-12(3)26/h4,6,8-9H,5,7H2,1-3H3,(H,23,26)(H,24,27). The minimum Gasteiger partial charge on any atom is -0.326 e. The van der Waals surface area contributed by atoms with E-state index >= 15 is 0 Å². The topological polar surface area (TPSA) is 101 Å². The van der Waals surface area contributed by atoms with Gasteiger partial charge >= 0.3 is 0 Å². The molecule has 0 aliphatic carbocycles. The molecule has 2 N–H and O–H groups in total. The fraction of sp³-hybridized carbons (Fsp3) is 0.278. The van der Waals surface area contributed by atoms with Crippen molar-refractivity contribution in [2.45, 2.75) is 33.6 Å². The maximum Gasteiger partial charge on any atom is 0.252 e. The van der Waals surface area contributed by atoms with Crippen LogP contribution in [0, 0.1) is 19.7 Å². The second kappa shape index (κ2) is 7.48. The summed E-state index contributed by atoms with van der Waals surface area (Å²) in [5.41, 5.74) is 3.05. The van der Waals surface area contributed by atoms with Crippen LogP contribution < -0.4 is 10.6 Å². The quantitative estimate of drug-likeness (QED) is 0.718. The third-order valence-electron chi connectivity index (χ3n) is 4.15. The number of amides is 2. The Balaban J connectivity index is 1.69. The maximum absolute atomic E-state index is 13.7. The molecule has 0 atom stereocenters. The summed E-state index contributed by atoms with van der Waals surface area (Å²) in [6, 6.07) is 4.02. The molecule has 27 heavy (non-hydrogen) atoms. The minimum atomic E-state index is -0.568. The van der Waals surface area contributed by atoms with Crippen LogP contribution in [0.5, 0.6) is 0 Å². The third-order valence-corrected chi connectivity index (χ3v) is 4.15. The molecule has 2 heterocycles. The number of carbonyl (C=O) groups excluding carboxylic acids is 2. The summed E-state index contributed by atoms with van der Waals surface area (Å²) >= 11 is 0. The predicted octanol–water partition coefficient (Wildman–Crippen LogP) is 2.41. The van der Waals surface area contributed by atoms with E-state index in [1.807, 2.05) is 13.8 Å². The van der Waals surface area contributed by atoms with Crippen molar-refractivity contribution in [3.05, 3.63) is 47.3 Å². The van der Waals surface area contributed by atoms with Gasteiger partial charge in [0, 0.05) is 30.4 Å². The number of aromatic nitrogens is 4. The Hall–Kier alpha value is -3.36. The van der Waals surface area contributed by atoms with Crippen molar-refractivity contribution in [1.82, 2.24) is 19.6 Å². The molecular weight excluding hydrogens is 351 g/mol. The highest BCUT2D eigenvalue weighted by Gasteiger charge is 2.13. The van der Waals surface area contributed by atoms with Crippen LogP contribution in [0.15, 0.2) is 24.5 Å². The lowest BCUT2D eigenvalue weighted by Crippen LogP contribution is -2.15. The predicted molar refractivity (Wildman–Crippen MR) is 97.9 cm³/mol. The Morgan fingerprint density at radius 3 is 2.74 bits per heavy atom. The Morgan fingerprint density at radius 2 is 2.00 bits per heavy atom. The average Bonchev–Trinajstić information content (AvgIpc) is 3.05. The summed E-state index contributed by atoms with van der Waals surface area (Å²) in [6.07, 6.45) is 2.13. The van der Waals surface area contributed by atoms with E-state index in [1.165, 1.54) is 31.5 Å². The van der Waals surface area contributed by atoms with E-state index in [0.29, 0.717) is 17.9 Å². The van der Waals surface area contributed by atoms with Crippen LogP contribution in [0.4, 0.5) is 15.8 Å². The number of halogens is 1. The average molecular weight is 370 g/mol. The Bertz CT molecular complexity index is 1030. The van der Waals surface area contributed by atoms with E-state index in [4.69, 9.17) is 0 Å². The highest BCUT2D eigenvalue weighted by atomic mass is 19.1. The van der Waals surface area contributed by atoms with Crippen molar-refractivity contribution in [3.63, 3.8) is 0 Å². The van der Waals surface area contributed by atoms with Crippen molar-refractivity contribution < 1.29 is 14.0 Å². The van der Waals surface area contributed by atoms with Crippen LogP contribution in [-0.4, -0.2) is 31.4 Å². The monoisotopic (exact) mass is 370 g/mol. The van der Waals surface area contributed by atoms with Gasteiger partial charge in [0.25, 0.3) is 5.78 Å². The molecule has 1 aromatic carbocycles. The molecule has 2 aromatic heterocycles. The molecule has 9 heteroatoms. The molecule has 0 saturated heterocycles. The largest absolute Gasteiger partial charge is 0.326 e. The van der Waals surface area contributed by atoms with Gasteiger partial charge in [-0.3, -0.25) is 9.59 Å². The zero-order chi connectivity index (χ0) is 19.6. The van der Waals surface area contributed by atoms with E-state index in [2.05, 4.69) is 25.7 Å². The summed E-state index contributed by atoms with van der Waals surface area (Å²) < 4.78 is 15.3. The summed E-state index contributed by atoms with van der Waals surface area (Å²) in [4.78, 5) is 31.9. The molecule has 0 fully saturated rings. The molecule has 0 radical (unpaired) electrons. The van der Waals surface area contributed by atoms with Gasteiger partial charge in [0.1, 0.15) is 12.1 Å². The van der Waals surface area contributed by atoms with Gasteiger partial charge in [-0.1, -0.05) is 0 Å². The summed E-state index contributed by atoms with van der Waals surface area (Å²) in [5.74, 6) is -0.663. The zero-order valence-corrected chi connectivity index (χ0v) is 15.2. The lowest BCUT2D eigenvalue weighted by Gasteiger charge is -2.11. The van der Waals surface area contributed by atoms with Gasteiger partial charge < -0.3 is 10.6 Å². The van der Waals surface area contributed by atoms with Crippen LogP contribution in [0.2, 0.25) is 0 Å². The summed E-state index contributed by atoms with van der Waals surface area (Å²) in [5, 5.41) is 9.23. The molecule has 2 amide bonds. The number of carbonyl (C=O) groups is 2. The number of hydrogen-bond acceptors (Lipinski definition) is 5. The van der Waals surface area contributed by atoms with Gasteiger partial charge in [0.2, 0.25) is 11.8 Å². The van der Waals surface area contributed by atoms with E-state index < -0.39 is 5.82 Å². The van der Waals surface area contributed by atoms with Crippen molar-refractivity contribution >= 4 is 29.0 Å². The summed E-state index contributed by atoms with van der Waals surface area (Å²) in [7, 11) is 0. The van der Waals surface area contributed by atoms with Crippen LogP contribution in [0.25, 0.3) is 5.78 Å². The van der Waals surface area contributed by atoms with Crippen LogP contribution in [0.3, 0.4) is 0 Å². The van der Waals surface area contributed by atoms with Gasteiger partial charge in [0.15, 0.2) is 0 Å². The van der Waals surface area contributed by atoms with Gasteiger partial charge in [-0.2, -0.15) is 10.1 Å². The van der Waals surface area contributed by atoms with Crippen molar-refractivity contribution in [2.24, 2.45) is 0 Å². The normalized spacial score (nSPS) is 10.8. The van der Waals surface area contributed by atoms with E-state index in [-0.39, 0.29) is 23.9 Å². The third kappa shape index (κ3) is 4.08. The second-order valence-corrected chi connectivity index (χ2v) is 6.16. The number of anilines is 2. The first-order valence-electron chi connectivity index (χ1n) is 8.38. The number of nitrogens with zero attached hydrogens (tertiary/aromatic N) is 4. The first kappa shape index (κ1) is 18.4. The van der Waals surface area contributed by atoms with Crippen molar-refractivity contribution in [3.8, 4) is 0 Å². The number of rotatable bonds is 5. The molecule has 0 bridgehead atoms. The number of nitrogens with one attached hydrogen (secondary N) is 2. The van der Waals surface area contributed by atoms with Crippen LogP contribution >= 0.6 is 0 Å². The van der Waals surface area contributed by atoms with Gasteiger partial charge in [-0.25, -0.2) is 13.9 Å². The lowest BCUT2D eigenvalue weighted by molar-refractivity contribution is -0.116. The van der Waals surface area contributed by atoms with Crippen LogP contribution in [0.1, 0.15) is 30.3 Å². The minimum absolute atomic E-state index is 0.0211. The molecule has 0 aliphatic rings. The van der Waals surface area contributed by atoms with Crippen molar-refractivity contribution in [1.29, 1.82) is 0 Å². The fourth-order valence-corrected chi connectivity index (χ4v) is 2.87. The first-order valence-corrected chi connectivity index (χ1v) is 8.38. The highest BCUT2D eigenvalue weighted by molar-refractivity contribution is 5.93. The van der Waals surface area contributed by atoms with E-state index in [9.17, 15) is 14.0 Å². The fourth-order valence-electron chi connectivity index (χ4n) is 2.87. The first-order chi connectivity index (χ1) is 12.8. The van der Waals surface area contributed by atoms with Gasteiger partial charge in [0.05, 0.1) is 5.69 Å². The Labute approximate surface area is 154 Å². The Morgan fingerprint density at radius 1 is 1.22 bits per heavy atom. The summed E-state index contributed by atoms with van der Waals surface area (Å²) in [6.45, 7) is 5.06. The maximum atomic E-state index is 13.7. The lowest BCUT2D eigenvalue weighted by atomic mass is 10.1. The second-order valence-electron chi connectivity index (χ2n) is 6.16. The van der Waals surface area contributed by atoms with Gasteiger partial charge in [-0.05, 0) is 44.0 Å². The molecule has 0 saturated carbocycles. The van der Waals surface area contributed by atoms with Gasteiger partial charge in [-0.15, -0.1) is 0 Å². The highest BCUT2D eigenvalue weighted by Crippen LogP contribution is 2.20. The SMILES string of the molecule is CC(=O)Nc1cc(NC(=O)CCc2c(C)nc3ncnn3c2C)ccc1F. The molecule has 8 nitrogen and oxygen atoms in total. The smallest absolute Gasteiger partial charge is 0.252 e. The molecular formula is C18H19FN6O2. The van der Waals surface area contributed by atoms with Crippen molar-refractivity contribution in [2.75, 3.05) is 10.6 Å².